The first-order valence-corrected chi connectivity index (χ1v) is 9.42. The lowest BCUT2D eigenvalue weighted by Crippen LogP contribution is -2.49. The number of amides is 1. The number of carbonyl (C=O) groups excluding carboxylic acids is 1. The minimum absolute atomic E-state index is 0.0665. The number of nitrogens with zero attached hydrogens (tertiary/aromatic N) is 2. The van der Waals surface area contributed by atoms with Gasteiger partial charge in [-0.3, -0.25) is 9.69 Å². The Morgan fingerprint density at radius 3 is 2.57 bits per heavy atom. The van der Waals surface area contributed by atoms with Crippen molar-refractivity contribution < 1.29 is 9.90 Å². The topological polar surface area (TPSA) is 43.8 Å². The molecule has 122 valence electrons. The van der Waals surface area contributed by atoms with Crippen molar-refractivity contribution >= 4 is 34.7 Å². The predicted molar refractivity (Wildman–Crippen MR) is 95.7 cm³/mol. The lowest BCUT2D eigenvalue weighted by atomic mass is 10.2. The number of aliphatic hydroxyl groups excluding tert-OH is 1. The van der Waals surface area contributed by atoms with Crippen molar-refractivity contribution in [3.05, 3.63) is 50.9 Å². The van der Waals surface area contributed by atoms with Crippen LogP contribution in [0.25, 0.3) is 6.08 Å². The van der Waals surface area contributed by atoms with Gasteiger partial charge in [-0.05, 0) is 29.0 Å². The molecule has 2 aromatic heterocycles. The average Bonchev–Trinajstić information content (AvgIpc) is 3.26. The minimum atomic E-state index is -0.434. The Balaban J connectivity index is 1.45. The molecule has 1 unspecified atom stereocenters. The normalized spacial score (nSPS) is 17.7. The van der Waals surface area contributed by atoms with Crippen LogP contribution in [0.1, 0.15) is 15.9 Å². The molecule has 2 aromatic rings. The van der Waals surface area contributed by atoms with Gasteiger partial charge in [-0.1, -0.05) is 12.1 Å². The van der Waals surface area contributed by atoms with E-state index in [2.05, 4.69) is 4.90 Å². The van der Waals surface area contributed by atoms with E-state index in [-0.39, 0.29) is 5.91 Å². The number of piperazine rings is 1. The summed E-state index contributed by atoms with van der Waals surface area (Å²) in [4.78, 5) is 18.4. The molecule has 3 rings (SSSR count). The van der Waals surface area contributed by atoms with Crippen LogP contribution in [-0.4, -0.2) is 53.5 Å². The summed E-state index contributed by atoms with van der Waals surface area (Å²) in [6, 6.07) is 7.90. The maximum absolute atomic E-state index is 12.2. The Morgan fingerprint density at radius 1 is 1.17 bits per heavy atom. The molecule has 1 saturated heterocycles. The largest absolute Gasteiger partial charge is 0.386 e. The first-order valence-electron chi connectivity index (χ1n) is 7.67. The third kappa shape index (κ3) is 4.51. The lowest BCUT2D eigenvalue weighted by molar-refractivity contribution is -0.127. The zero-order valence-corrected chi connectivity index (χ0v) is 14.4. The van der Waals surface area contributed by atoms with E-state index < -0.39 is 6.10 Å². The fraction of sp³-hybridized carbons (Fsp3) is 0.353. The lowest BCUT2D eigenvalue weighted by Gasteiger charge is -2.35. The fourth-order valence-electron chi connectivity index (χ4n) is 2.61. The molecule has 6 heteroatoms. The average molecular weight is 348 g/mol. The van der Waals surface area contributed by atoms with Gasteiger partial charge in [-0.15, -0.1) is 22.7 Å². The highest BCUT2D eigenvalue weighted by Crippen LogP contribution is 2.20. The van der Waals surface area contributed by atoms with Crippen LogP contribution in [0, 0.1) is 0 Å². The summed E-state index contributed by atoms with van der Waals surface area (Å²) in [5.41, 5.74) is 0. The summed E-state index contributed by atoms with van der Waals surface area (Å²) in [6.07, 6.45) is 3.10. The SMILES string of the molecule is O=C(C=Cc1cccs1)N1CCN(CC(O)c2cccs2)CC1. The van der Waals surface area contributed by atoms with Crippen LogP contribution in [0.4, 0.5) is 0 Å². The van der Waals surface area contributed by atoms with E-state index in [0.29, 0.717) is 19.6 Å². The highest BCUT2D eigenvalue weighted by Gasteiger charge is 2.22. The standard InChI is InChI=1S/C17H20N2O2S2/c20-15(16-4-2-12-23-16)13-18-7-9-19(10-8-18)17(21)6-5-14-3-1-11-22-14/h1-6,11-12,15,20H,7-10,13H2. The monoisotopic (exact) mass is 348 g/mol. The molecule has 1 atom stereocenters. The Hall–Kier alpha value is -1.47. The van der Waals surface area contributed by atoms with Crippen LogP contribution in [0.3, 0.4) is 0 Å². The zero-order valence-electron chi connectivity index (χ0n) is 12.8. The van der Waals surface area contributed by atoms with Crippen LogP contribution < -0.4 is 0 Å². The van der Waals surface area contributed by atoms with Gasteiger partial charge in [0.2, 0.25) is 5.91 Å². The molecular weight excluding hydrogens is 328 g/mol. The Bertz CT molecular complexity index is 630. The minimum Gasteiger partial charge on any atom is -0.386 e. The second-order valence-electron chi connectivity index (χ2n) is 5.51. The summed E-state index contributed by atoms with van der Waals surface area (Å²) in [5.74, 6) is 0.0665. The number of hydrogen-bond donors (Lipinski definition) is 1. The van der Waals surface area contributed by atoms with Crippen molar-refractivity contribution in [1.82, 2.24) is 9.80 Å². The Labute approximate surface area is 144 Å². The maximum Gasteiger partial charge on any atom is 0.246 e. The predicted octanol–water partition coefficient (Wildman–Crippen LogP) is 2.70. The van der Waals surface area contributed by atoms with E-state index in [9.17, 15) is 9.90 Å². The van der Waals surface area contributed by atoms with Gasteiger partial charge < -0.3 is 10.0 Å². The molecular formula is C17H20N2O2S2. The summed E-state index contributed by atoms with van der Waals surface area (Å²) < 4.78 is 0. The molecule has 4 nitrogen and oxygen atoms in total. The number of β-amino-alcohol motifs (C(OH)–C–C–N with tert-alkyl or cyclic N) is 1. The Morgan fingerprint density at radius 2 is 1.91 bits per heavy atom. The summed E-state index contributed by atoms with van der Waals surface area (Å²) in [5, 5.41) is 14.2. The maximum atomic E-state index is 12.2. The summed E-state index contributed by atoms with van der Waals surface area (Å²) >= 11 is 3.21. The highest BCUT2D eigenvalue weighted by molar-refractivity contribution is 7.10. The molecule has 1 amide bonds. The first-order chi connectivity index (χ1) is 11.2. The molecule has 0 aromatic carbocycles. The van der Waals surface area contributed by atoms with Gasteiger partial charge in [-0.25, -0.2) is 0 Å². The second kappa shape index (κ2) is 7.88. The molecule has 23 heavy (non-hydrogen) atoms. The van der Waals surface area contributed by atoms with Gasteiger partial charge >= 0.3 is 0 Å². The molecule has 0 radical (unpaired) electrons. The van der Waals surface area contributed by atoms with Crippen molar-refractivity contribution in [1.29, 1.82) is 0 Å². The number of aliphatic hydroxyl groups is 1. The second-order valence-corrected chi connectivity index (χ2v) is 7.46. The third-order valence-corrected chi connectivity index (χ3v) is 5.73. The van der Waals surface area contributed by atoms with Crippen molar-refractivity contribution in [3.8, 4) is 0 Å². The van der Waals surface area contributed by atoms with Crippen LogP contribution in [0.15, 0.2) is 41.1 Å². The van der Waals surface area contributed by atoms with Crippen LogP contribution in [-0.2, 0) is 4.79 Å². The van der Waals surface area contributed by atoms with Crippen LogP contribution in [0.5, 0.6) is 0 Å². The van der Waals surface area contributed by atoms with Gasteiger partial charge in [0, 0.05) is 48.6 Å². The van der Waals surface area contributed by atoms with Crippen molar-refractivity contribution in [2.24, 2.45) is 0 Å². The number of thiophene rings is 2. The molecule has 3 heterocycles. The molecule has 1 aliphatic heterocycles. The van der Waals surface area contributed by atoms with Crippen molar-refractivity contribution in [3.63, 3.8) is 0 Å². The molecule has 0 spiro atoms. The molecule has 1 fully saturated rings. The summed E-state index contributed by atoms with van der Waals surface area (Å²) in [7, 11) is 0. The number of rotatable bonds is 5. The van der Waals surface area contributed by atoms with Crippen molar-refractivity contribution in [2.45, 2.75) is 6.10 Å². The molecule has 0 aliphatic carbocycles. The van der Waals surface area contributed by atoms with E-state index in [4.69, 9.17) is 0 Å². The number of carbonyl (C=O) groups is 1. The summed E-state index contributed by atoms with van der Waals surface area (Å²) in [6.45, 7) is 3.67. The van der Waals surface area contributed by atoms with Gasteiger partial charge in [-0.2, -0.15) is 0 Å². The van der Waals surface area contributed by atoms with E-state index >= 15 is 0 Å². The molecule has 0 saturated carbocycles. The van der Waals surface area contributed by atoms with E-state index in [1.165, 1.54) is 0 Å². The van der Waals surface area contributed by atoms with Gasteiger partial charge in [0.1, 0.15) is 6.10 Å². The smallest absolute Gasteiger partial charge is 0.246 e. The van der Waals surface area contributed by atoms with E-state index in [0.717, 1.165) is 22.8 Å². The van der Waals surface area contributed by atoms with E-state index in [1.54, 1.807) is 28.7 Å². The molecule has 1 aliphatic rings. The van der Waals surface area contributed by atoms with Gasteiger partial charge in [0.25, 0.3) is 0 Å². The zero-order chi connectivity index (χ0) is 16.1. The van der Waals surface area contributed by atoms with Gasteiger partial charge in [0.15, 0.2) is 0 Å². The van der Waals surface area contributed by atoms with Gasteiger partial charge in [0.05, 0.1) is 0 Å². The molecule has 1 N–H and O–H groups in total. The van der Waals surface area contributed by atoms with Crippen LogP contribution >= 0.6 is 22.7 Å². The fourth-order valence-corrected chi connectivity index (χ4v) is 3.93. The number of hydrogen-bond acceptors (Lipinski definition) is 5. The van der Waals surface area contributed by atoms with E-state index in [1.807, 2.05) is 46.0 Å². The first kappa shape index (κ1) is 16.4. The highest BCUT2D eigenvalue weighted by atomic mass is 32.1. The van der Waals surface area contributed by atoms with Crippen molar-refractivity contribution in [2.75, 3.05) is 32.7 Å². The third-order valence-electron chi connectivity index (χ3n) is 3.92. The molecule has 0 bridgehead atoms. The Kier molecular flexibility index (Phi) is 5.61. The van der Waals surface area contributed by atoms with Crippen LogP contribution in [0.2, 0.25) is 0 Å². The quantitative estimate of drug-likeness (QED) is 0.845.